The summed E-state index contributed by atoms with van der Waals surface area (Å²) in [6.45, 7) is 0.543. The van der Waals surface area contributed by atoms with Crippen molar-refractivity contribution in [3.05, 3.63) is 71.8 Å². The molecule has 1 fully saturated rings. The van der Waals surface area contributed by atoms with Crippen LogP contribution >= 0.6 is 0 Å². The second-order valence-corrected chi connectivity index (χ2v) is 11.2. The van der Waals surface area contributed by atoms with Crippen molar-refractivity contribution in [2.75, 3.05) is 41.2 Å². The van der Waals surface area contributed by atoms with E-state index in [1.165, 1.54) is 30.7 Å². The third-order valence-corrected chi connectivity index (χ3v) is 8.91. The van der Waals surface area contributed by atoms with E-state index in [9.17, 15) is 13.2 Å². The first kappa shape index (κ1) is 26.6. The summed E-state index contributed by atoms with van der Waals surface area (Å²) in [5.41, 5.74) is 1.57. The number of ether oxygens (including phenoxy) is 5. The van der Waals surface area contributed by atoms with E-state index in [1.807, 2.05) is 18.2 Å². The van der Waals surface area contributed by atoms with E-state index in [4.69, 9.17) is 23.7 Å². The highest BCUT2D eigenvalue weighted by Crippen LogP contribution is 2.41. The van der Waals surface area contributed by atoms with Gasteiger partial charge in [0.2, 0.25) is 22.7 Å². The third-order valence-electron chi connectivity index (χ3n) is 7.06. The van der Waals surface area contributed by atoms with Gasteiger partial charge >= 0.3 is 0 Å². The minimum absolute atomic E-state index is 0.0151. The van der Waals surface area contributed by atoms with Crippen LogP contribution in [0.1, 0.15) is 17.0 Å². The number of rotatable bonds is 9. The maximum atomic E-state index is 13.6. The Morgan fingerprint density at radius 1 is 0.897 bits per heavy atom. The standard InChI is InChI=1S/C28H30N2O8S/c1-34-19-5-8-21(9-6-19)39(32,33)30-15-23(22-10-7-20(35-2)13-26(22)36-3)24(16-30)28(31)29-14-18-4-11-25-27(12-18)38-17-37-25/h4-13,23-24H,14-17H2,1-3H3,(H,29,31). The van der Waals surface area contributed by atoms with Crippen LogP contribution in [0.3, 0.4) is 0 Å². The van der Waals surface area contributed by atoms with Crippen LogP contribution in [0.4, 0.5) is 0 Å². The molecule has 0 saturated carbocycles. The molecule has 1 N–H and O–H groups in total. The van der Waals surface area contributed by atoms with Crippen LogP contribution in [0.15, 0.2) is 65.6 Å². The first-order valence-electron chi connectivity index (χ1n) is 12.4. The fraction of sp³-hybridized carbons (Fsp3) is 0.321. The van der Waals surface area contributed by atoms with Gasteiger partial charge in [0.1, 0.15) is 17.2 Å². The van der Waals surface area contributed by atoms with E-state index in [0.29, 0.717) is 28.7 Å². The molecule has 2 heterocycles. The second kappa shape index (κ2) is 11.0. The van der Waals surface area contributed by atoms with E-state index in [0.717, 1.165) is 11.1 Å². The van der Waals surface area contributed by atoms with Crippen molar-refractivity contribution >= 4 is 15.9 Å². The second-order valence-electron chi connectivity index (χ2n) is 9.22. The molecule has 39 heavy (non-hydrogen) atoms. The summed E-state index contributed by atoms with van der Waals surface area (Å²) < 4.78 is 55.4. The lowest BCUT2D eigenvalue weighted by Crippen LogP contribution is -2.35. The summed E-state index contributed by atoms with van der Waals surface area (Å²) >= 11 is 0. The zero-order chi connectivity index (χ0) is 27.6. The highest BCUT2D eigenvalue weighted by atomic mass is 32.2. The average Bonchev–Trinajstić information content (AvgIpc) is 3.63. The summed E-state index contributed by atoms with van der Waals surface area (Å²) in [7, 11) is 0.733. The molecular weight excluding hydrogens is 524 g/mol. The van der Waals surface area contributed by atoms with E-state index in [2.05, 4.69) is 5.32 Å². The predicted octanol–water partition coefficient (Wildman–Crippen LogP) is 3.16. The minimum Gasteiger partial charge on any atom is -0.497 e. The molecule has 11 heteroatoms. The van der Waals surface area contributed by atoms with E-state index < -0.39 is 21.9 Å². The SMILES string of the molecule is COc1ccc(S(=O)(=O)N2CC(C(=O)NCc3ccc4c(c3)OCO4)C(c3ccc(OC)cc3OC)C2)cc1. The van der Waals surface area contributed by atoms with Gasteiger partial charge in [-0.15, -0.1) is 0 Å². The molecule has 0 aliphatic carbocycles. The summed E-state index contributed by atoms with van der Waals surface area (Å²) in [6, 6.07) is 17.0. The number of amides is 1. The Balaban J connectivity index is 1.42. The van der Waals surface area contributed by atoms with Crippen molar-refractivity contribution in [1.29, 1.82) is 0 Å². The van der Waals surface area contributed by atoms with Crippen LogP contribution < -0.4 is 29.0 Å². The molecular formula is C28H30N2O8S. The molecule has 2 aliphatic heterocycles. The van der Waals surface area contributed by atoms with Crippen LogP contribution in [0.25, 0.3) is 0 Å². The molecule has 1 saturated heterocycles. The van der Waals surface area contributed by atoms with Crippen LogP contribution in [0.2, 0.25) is 0 Å². The van der Waals surface area contributed by atoms with E-state index >= 15 is 0 Å². The number of sulfonamides is 1. The number of hydrogen-bond acceptors (Lipinski definition) is 8. The van der Waals surface area contributed by atoms with Gasteiger partial charge in [-0.3, -0.25) is 4.79 Å². The molecule has 3 aromatic carbocycles. The molecule has 2 atom stereocenters. The zero-order valence-electron chi connectivity index (χ0n) is 21.9. The van der Waals surface area contributed by atoms with E-state index in [-0.39, 0.29) is 37.2 Å². The lowest BCUT2D eigenvalue weighted by Gasteiger charge is -2.21. The molecule has 206 valence electrons. The normalized spacial score (nSPS) is 18.5. The van der Waals surface area contributed by atoms with E-state index in [1.54, 1.807) is 37.4 Å². The number of nitrogens with one attached hydrogen (secondary N) is 1. The van der Waals surface area contributed by atoms with Crippen LogP contribution in [-0.4, -0.2) is 59.8 Å². The van der Waals surface area contributed by atoms with Gasteiger partial charge in [-0.1, -0.05) is 12.1 Å². The van der Waals surface area contributed by atoms with Crippen LogP contribution in [0, 0.1) is 5.92 Å². The monoisotopic (exact) mass is 554 g/mol. The topological polar surface area (TPSA) is 113 Å². The maximum absolute atomic E-state index is 13.6. The summed E-state index contributed by atoms with van der Waals surface area (Å²) in [6.07, 6.45) is 0. The van der Waals surface area contributed by atoms with Gasteiger partial charge in [0.15, 0.2) is 11.5 Å². The lowest BCUT2D eigenvalue weighted by molar-refractivity contribution is -0.125. The van der Waals surface area contributed by atoms with Gasteiger partial charge in [0.25, 0.3) is 0 Å². The van der Waals surface area contributed by atoms with Gasteiger partial charge in [0, 0.05) is 31.6 Å². The average molecular weight is 555 g/mol. The number of benzene rings is 3. The van der Waals surface area contributed by atoms with Crippen molar-refractivity contribution < 1.29 is 36.9 Å². The first-order chi connectivity index (χ1) is 18.8. The number of fused-ring (bicyclic) bond motifs is 1. The highest BCUT2D eigenvalue weighted by molar-refractivity contribution is 7.89. The summed E-state index contributed by atoms with van der Waals surface area (Å²) in [5.74, 6) is 1.59. The Bertz CT molecular complexity index is 1460. The number of methoxy groups -OCH3 is 3. The quantitative estimate of drug-likeness (QED) is 0.429. The summed E-state index contributed by atoms with van der Waals surface area (Å²) in [5, 5.41) is 2.98. The fourth-order valence-corrected chi connectivity index (χ4v) is 6.43. The van der Waals surface area contributed by atoms with Crippen molar-refractivity contribution in [2.45, 2.75) is 17.4 Å². The Labute approximate surface area is 227 Å². The van der Waals surface area contributed by atoms with Gasteiger partial charge in [0.05, 0.1) is 32.1 Å². The molecule has 1 amide bonds. The molecule has 2 aliphatic rings. The van der Waals surface area contributed by atoms with Crippen molar-refractivity contribution in [3.63, 3.8) is 0 Å². The van der Waals surface area contributed by atoms with Gasteiger partial charge in [-0.2, -0.15) is 4.31 Å². The smallest absolute Gasteiger partial charge is 0.243 e. The molecule has 2 unspecified atom stereocenters. The predicted molar refractivity (Wildman–Crippen MR) is 142 cm³/mol. The van der Waals surface area contributed by atoms with Crippen molar-refractivity contribution in [2.24, 2.45) is 5.92 Å². The van der Waals surface area contributed by atoms with Gasteiger partial charge in [-0.05, 0) is 53.6 Å². The zero-order valence-corrected chi connectivity index (χ0v) is 22.7. The Hall–Kier alpha value is -3.96. The van der Waals surface area contributed by atoms with Gasteiger partial charge in [-0.25, -0.2) is 8.42 Å². The Kier molecular flexibility index (Phi) is 7.53. The lowest BCUT2D eigenvalue weighted by atomic mass is 9.87. The van der Waals surface area contributed by atoms with Crippen LogP contribution in [0.5, 0.6) is 28.7 Å². The molecule has 5 rings (SSSR count). The molecule has 10 nitrogen and oxygen atoms in total. The first-order valence-corrected chi connectivity index (χ1v) is 13.8. The highest BCUT2D eigenvalue weighted by Gasteiger charge is 2.44. The number of nitrogens with zero attached hydrogens (tertiary/aromatic N) is 1. The number of carbonyl (C=O) groups is 1. The Morgan fingerprint density at radius 3 is 2.33 bits per heavy atom. The summed E-state index contributed by atoms with van der Waals surface area (Å²) in [4.78, 5) is 13.7. The molecule has 0 spiro atoms. The molecule has 3 aromatic rings. The number of hydrogen-bond donors (Lipinski definition) is 1. The largest absolute Gasteiger partial charge is 0.497 e. The molecule has 0 aromatic heterocycles. The molecule has 0 bridgehead atoms. The number of carbonyl (C=O) groups excluding carboxylic acids is 1. The van der Waals surface area contributed by atoms with Crippen molar-refractivity contribution in [1.82, 2.24) is 9.62 Å². The van der Waals surface area contributed by atoms with Gasteiger partial charge < -0.3 is 29.0 Å². The fourth-order valence-electron chi connectivity index (χ4n) is 4.94. The third kappa shape index (κ3) is 5.32. The maximum Gasteiger partial charge on any atom is 0.243 e. The minimum atomic E-state index is -3.88. The molecule has 0 radical (unpaired) electrons. The van der Waals surface area contributed by atoms with Crippen LogP contribution in [-0.2, 0) is 21.4 Å². The van der Waals surface area contributed by atoms with Crippen molar-refractivity contribution in [3.8, 4) is 28.7 Å². The Morgan fingerprint density at radius 2 is 1.62 bits per heavy atom.